The van der Waals surface area contributed by atoms with Gasteiger partial charge in [-0.15, -0.1) is 0 Å². The summed E-state index contributed by atoms with van der Waals surface area (Å²) >= 11 is 5.92. The van der Waals surface area contributed by atoms with E-state index in [-0.39, 0.29) is 5.56 Å². The highest BCUT2D eigenvalue weighted by molar-refractivity contribution is 6.30. The van der Waals surface area contributed by atoms with Gasteiger partial charge < -0.3 is 4.57 Å². The van der Waals surface area contributed by atoms with Crippen molar-refractivity contribution in [3.05, 3.63) is 100 Å². The first-order valence-corrected chi connectivity index (χ1v) is 8.37. The van der Waals surface area contributed by atoms with Crippen molar-refractivity contribution in [2.45, 2.75) is 6.54 Å². The molecule has 0 radical (unpaired) electrons. The molecule has 3 nitrogen and oxygen atoms in total. The van der Waals surface area contributed by atoms with E-state index < -0.39 is 0 Å². The Morgan fingerprint density at radius 3 is 2.56 bits per heavy atom. The number of rotatable bonds is 3. The number of hydrogen-bond acceptors (Lipinski definition) is 2. The maximum absolute atomic E-state index is 12.2. The molecular weight excluding hydrogens is 332 g/mol. The number of halogens is 1. The zero-order valence-electron chi connectivity index (χ0n) is 13.4. The highest BCUT2D eigenvalue weighted by Gasteiger charge is 2.05. The molecule has 0 saturated carbocycles. The molecule has 0 atom stereocenters. The molecule has 0 unspecified atom stereocenters. The highest BCUT2D eigenvalue weighted by Crippen LogP contribution is 2.22. The molecule has 0 saturated heterocycles. The van der Waals surface area contributed by atoms with Gasteiger partial charge in [0.1, 0.15) is 0 Å². The summed E-state index contributed by atoms with van der Waals surface area (Å²) in [5.41, 5.74) is 3.91. The van der Waals surface area contributed by atoms with Crippen molar-refractivity contribution in [2.75, 3.05) is 0 Å². The van der Waals surface area contributed by atoms with Crippen LogP contribution in [-0.2, 0) is 6.54 Å². The zero-order valence-corrected chi connectivity index (χ0v) is 14.1. The van der Waals surface area contributed by atoms with Crippen LogP contribution in [0.1, 0.15) is 5.56 Å². The van der Waals surface area contributed by atoms with Crippen LogP contribution >= 0.6 is 11.6 Å². The molecule has 2 heterocycles. The van der Waals surface area contributed by atoms with Crippen LogP contribution in [0.4, 0.5) is 0 Å². The molecule has 25 heavy (non-hydrogen) atoms. The van der Waals surface area contributed by atoms with Gasteiger partial charge in [-0.2, -0.15) is 0 Å². The Morgan fingerprint density at radius 2 is 1.72 bits per heavy atom. The van der Waals surface area contributed by atoms with Gasteiger partial charge in [0.25, 0.3) is 5.56 Å². The number of pyridine rings is 2. The van der Waals surface area contributed by atoms with Gasteiger partial charge >= 0.3 is 0 Å². The summed E-state index contributed by atoms with van der Waals surface area (Å²) in [6, 6.07) is 21.0. The lowest BCUT2D eigenvalue weighted by Crippen LogP contribution is -2.19. The van der Waals surface area contributed by atoms with E-state index in [9.17, 15) is 4.79 Å². The summed E-state index contributed by atoms with van der Waals surface area (Å²) in [5.74, 6) is 0. The lowest BCUT2D eigenvalue weighted by Gasteiger charge is -2.09. The van der Waals surface area contributed by atoms with E-state index in [1.54, 1.807) is 10.6 Å². The summed E-state index contributed by atoms with van der Waals surface area (Å²) in [6.45, 7) is 0.505. The van der Waals surface area contributed by atoms with Crippen molar-refractivity contribution < 1.29 is 0 Å². The Labute approximate surface area is 150 Å². The Kier molecular flexibility index (Phi) is 4.08. The molecule has 0 fully saturated rings. The number of hydrogen-bond donors (Lipinski definition) is 0. The van der Waals surface area contributed by atoms with Gasteiger partial charge in [0, 0.05) is 34.4 Å². The SMILES string of the molecule is O=c1ccc(-c2cnc3ccccc3c2)cn1Cc1ccc(Cl)cc1. The first-order valence-electron chi connectivity index (χ1n) is 7.99. The summed E-state index contributed by atoms with van der Waals surface area (Å²) in [5, 5.41) is 1.77. The quantitative estimate of drug-likeness (QED) is 0.536. The lowest BCUT2D eigenvalue weighted by atomic mass is 10.1. The molecule has 0 aliphatic rings. The Balaban J connectivity index is 1.72. The van der Waals surface area contributed by atoms with Gasteiger partial charge in [-0.25, -0.2) is 0 Å². The zero-order chi connectivity index (χ0) is 17.2. The molecule has 4 heteroatoms. The normalized spacial score (nSPS) is 10.9. The molecule has 4 rings (SSSR count). The third kappa shape index (κ3) is 3.32. The second-order valence-corrected chi connectivity index (χ2v) is 6.36. The maximum atomic E-state index is 12.2. The van der Waals surface area contributed by atoms with Crippen LogP contribution < -0.4 is 5.56 Å². The van der Waals surface area contributed by atoms with E-state index in [0.29, 0.717) is 11.6 Å². The molecule has 0 bridgehead atoms. The smallest absolute Gasteiger partial charge is 0.250 e. The van der Waals surface area contributed by atoms with Crippen molar-refractivity contribution in [3.8, 4) is 11.1 Å². The number of aromatic nitrogens is 2. The molecular formula is C21H15ClN2O. The van der Waals surface area contributed by atoms with Crippen LogP contribution in [-0.4, -0.2) is 9.55 Å². The third-order valence-corrected chi connectivity index (χ3v) is 4.43. The fraction of sp³-hybridized carbons (Fsp3) is 0.0476. The van der Waals surface area contributed by atoms with Gasteiger partial charge in [0.05, 0.1) is 12.1 Å². The minimum Gasteiger partial charge on any atom is -0.310 e. The van der Waals surface area contributed by atoms with Crippen LogP contribution in [0.15, 0.2) is 83.9 Å². The van der Waals surface area contributed by atoms with Crippen molar-refractivity contribution >= 4 is 22.5 Å². The minimum atomic E-state index is -0.0348. The van der Waals surface area contributed by atoms with Crippen LogP contribution in [0.3, 0.4) is 0 Å². The average Bonchev–Trinajstić information content (AvgIpc) is 2.65. The summed E-state index contributed by atoms with van der Waals surface area (Å²) < 4.78 is 1.70. The Hall–Kier alpha value is -2.91. The number of nitrogens with zero attached hydrogens (tertiary/aromatic N) is 2. The van der Waals surface area contributed by atoms with Gasteiger partial charge in [0.15, 0.2) is 0 Å². The number of fused-ring (bicyclic) bond motifs is 1. The summed E-state index contributed by atoms with van der Waals surface area (Å²) in [6.07, 6.45) is 3.72. The van der Waals surface area contributed by atoms with E-state index in [0.717, 1.165) is 27.6 Å². The fourth-order valence-corrected chi connectivity index (χ4v) is 2.97. The standard InChI is InChI=1S/C21H15ClN2O/c22-19-8-5-15(6-9-19)13-24-14-17(7-10-21(24)25)18-11-16-3-1-2-4-20(16)23-12-18/h1-12,14H,13H2. The topological polar surface area (TPSA) is 34.9 Å². The average molecular weight is 347 g/mol. The molecule has 2 aromatic heterocycles. The predicted molar refractivity (Wildman–Crippen MR) is 102 cm³/mol. The lowest BCUT2D eigenvalue weighted by molar-refractivity contribution is 0.761. The van der Waals surface area contributed by atoms with Crippen LogP contribution in [0.25, 0.3) is 22.0 Å². The van der Waals surface area contributed by atoms with Crippen LogP contribution in [0.5, 0.6) is 0 Å². The fourth-order valence-electron chi connectivity index (χ4n) is 2.84. The van der Waals surface area contributed by atoms with E-state index in [2.05, 4.69) is 11.1 Å². The molecule has 0 aliphatic heterocycles. The Morgan fingerprint density at radius 1 is 0.920 bits per heavy atom. The largest absolute Gasteiger partial charge is 0.310 e. The van der Waals surface area contributed by atoms with Gasteiger partial charge in [-0.1, -0.05) is 41.9 Å². The van der Waals surface area contributed by atoms with Crippen molar-refractivity contribution in [1.29, 1.82) is 0 Å². The monoisotopic (exact) mass is 346 g/mol. The second-order valence-electron chi connectivity index (χ2n) is 5.93. The van der Waals surface area contributed by atoms with E-state index in [1.165, 1.54) is 0 Å². The number of para-hydroxylation sites is 1. The van der Waals surface area contributed by atoms with Gasteiger partial charge in [0.2, 0.25) is 0 Å². The molecule has 0 aliphatic carbocycles. The van der Waals surface area contributed by atoms with Crippen molar-refractivity contribution in [1.82, 2.24) is 9.55 Å². The van der Waals surface area contributed by atoms with Crippen molar-refractivity contribution in [3.63, 3.8) is 0 Å². The number of benzene rings is 2. The predicted octanol–water partition coefficient (Wildman–Crippen LogP) is 4.77. The molecule has 2 aromatic carbocycles. The van der Waals surface area contributed by atoms with Gasteiger partial charge in [-0.05, 0) is 41.5 Å². The third-order valence-electron chi connectivity index (χ3n) is 4.17. The van der Waals surface area contributed by atoms with E-state index >= 15 is 0 Å². The summed E-state index contributed by atoms with van der Waals surface area (Å²) in [7, 11) is 0. The molecule has 0 N–H and O–H groups in total. The second kappa shape index (κ2) is 6.54. The molecule has 0 spiro atoms. The van der Waals surface area contributed by atoms with E-state index in [1.807, 2.05) is 67.0 Å². The molecule has 122 valence electrons. The first-order chi connectivity index (χ1) is 12.2. The van der Waals surface area contributed by atoms with Crippen LogP contribution in [0, 0.1) is 0 Å². The van der Waals surface area contributed by atoms with Gasteiger partial charge in [-0.3, -0.25) is 9.78 Å². The first kappa shape index (κ1) is 15.6. The minimum absolute atomic E-state index is 0.0348. The molecule has 4 aromatic rings. The Bertz CT molecular complexity index is 1100. The molecule has 0 amide bonds. The van der Waals surface area contributed by atoms with Crippen molar-refractivity contribution in [2.24, 2.45) is 0 Å². The summed E-state index contributed by atoms with van der Waals surface area (Å²) in [4.78, 5) is 16.7. The maximum Gasteiger partial charge on any atom is 0.250 e. The highest BCUT2D eigenvalue weighted by atomic mass is 35.5. The van der Waals surface area contributed by atoms with Crippen LogP contribution in [0.2, 0.25) is 5.02 Å². The van der Waals surface area contributed by atoms with E-state index in [4.69, 9.17) is 11.6 Å².